The minimum absolute atomic E-state index is 0.736. The summed E-state index contributed by atoms with van der Waals surface area (Å²) in [6.07, 6.45) is 7.86. The van der Waals surface area contributed by atoms with E-state index in [2.05, 4.69) is 34.8 Å². The number of piperidine rings is 1. The van der Waals surface area contributed by atoms with E-state index in [1.165, 1.54) is 38.5 Å². The number of thiol groups is 1. The van der Waals surface area contributed by atoms with Crippen molar-refractivity contribution in [3.8, 4) is 0 Å². The van der Waals surface area contributed by atoms with Crippen molar-refractivity contribution in [3.63, 3.8) is 0 Å². The van der Waals surface area contributed by atoms with Crippen molar-refractivity contribution >= 4 is 12.8 Å². The third-order valence-corrected chi connectivity index (χ3v) is 4.48. The SMILES string of the molecule is CNC1CCC(NC2CCN(S)CC2)CC1. The van der Waals surface area contributed by atoms with Gasteiger partial charge in [-0.3, -0.25) is 4.31 Å². The van der Waals surface area contributed by atoms with Crippen LogP contribution >= 0.6 is 12.8 Å². The molecule has 1 saturated carbocycles. The van der Waals surface area contributed by atoms with Gasteiger partial charge in [-0.2, -0.15) is 0 Å². The Hall–Kier alpha value is 0.230. The van der Waals surface area contributed by atoms with Crippen molar-refractivity contribution in [3.05, 3.63) is 0 Å². The Morgan fingerprint density at radius 2 is 1.38 bits per heavy atom. The summed E-state index contributed by atoms with van der Waals surface area (Å²) in [4.78, 5) is 0. The Morgan fingerprint density at radius 1 is 0.875 bits per heavy atom. The molecule has 0 aromatic rings. The maximum atomic E-state index is 4.39. The molecule has 2 rings (SSSR count). The van der Waals surface area contributed by atoms with Crippen LogP contribution in [0.5, 0.6) is 0 Å². The van der Waals surface area contributed by atoms with Crippen LogP contribution < -0.4 is 10.6 Å². The summed E-state index contributed by atoms with van der Waals surface area (Å²) < 4.78 is 2.14. The van der Waals surface area contributed by atoms with E-state index in [0.717, 1.165) is 31.2 Å². The van der Waals surface area contributed by atoms with E-state index in [1.54, 1.807) is 0 Å². The molecule has 1 aliphatic carbocycles. The van der Waals surface area contributed by atoms with Crippen molar-refractivity contribution in [2.45, 2.75) is 56.7 Å². The van der Waals surface area contributed by atoms with E-state index in [0.29, 0.717) is 0 Å². The summed E-state index contributed by atoms with van der Waals surface area (Å²) >= 11 is 4.39. The van der Waals surface area contributed by atoms with Gasteiger partial charge in [0.15, 0.2) is 0 Å². The second kappa shape index (κ2) is 6.24. The smallest absolute Gasteiger partial charge is 0.0102 e. The summed E-state index contributed by atoms with van der Waals surface area (Å²) in [5, 5.41) is 7.22. The second-order valence-electron chi connectivity index (χ2n) is 5.23. The van der Waals surface area contributed by atoms with Crippen LogP contribution in [0.1, 0.15) is 38.5 Å². The predicted molar refractivity (Wildman–Crippen MR) is 71.8 cm³/mol. The Labute approximate surface area is 105 Å². The molecule has 94 valence electrons. The minimum Gasteiger partial charge on any atom is -0.317 e. The van der Waals surface area contributed by atoms with Gasteiger partial charge in [0.2, 0.25) is 0 Å². The summed E-state index contributed by atoms with van der Waals surface area (Å²) in [6.45, 7) is 2.26. The van der Waals surface area contributed by atoms with Crippen LogP contribution in [0, 0.1) is 0 Å². The van der Waals surface area contributed by atoms with Crippen molar-refractivity contribution in [2.24, 2.45) is 0 Å². The lowest BCUT2D eigenvalue weighted by molar-refractivity contribution is 0.248. The summed E-state index contributed by atoms with van der Waals surface area (Å²) in [6, 6.07) is 2.26. The van der Waals surface area contributed by atoms with Crippen LogP contribution in [0.15, 0.2) is 0 Å². The minimum atomic E-state index is 0.736. The molecule has 2 fully saturated rings. The highest BCUT2D eigenvalue weighted by Crippen LogP contribution is 2.20. The van der Waals surface area contributed by atoms with E-state index < -0.39 is 0 Å². The number of nitrogens with zero attached hydrogens (tertiary/aromatic N) is 1. The Kier molecular flexibility index (Phi) is 4.95. The van der Waals surface area contributed by atoms with Gasteiger partial charge in [-0.25, -0.2) is 0 Å². The van der Waals surface area contributed by atoms with Crippen molar-refractivity contribution in [1.82, 2.24) is 14.9 Å². The van der Waals surface area contributed by atoms with Gasteiger partial charge in [0.1, 0.15) is 0 Å². The Balaban J connectivity index is 1.66. The first-order chi connectivity index (χ1) is 7.78. The van der Waals surface area contributed by atoms with E-state index in [-0.39, 0.29) is 0 Å². The highest BCUT2D eigenvalue weighted by Gasteiger charge is 2.24. The van der Waals surface area contributed by atoms with E-state index in [9.17, 15) is 0 Å². The van der Waals surface area contributed by atoms with Crippen molar-refractivity contribution in [1.29, 1.82) is 0 Å². The van der Waals surface area contributed by atoms with Gasteiger partial charge in [-0.05, 0) is 45.6 Å². The molecule has 0 amide bonds. The van der Waals surface area contributed by atoms with Gasteiger partial charge in [0.25, 0.3) is 0 Å². The molecule has 1 saturated heterocycles. The van der Waals surface area contributed by atoms with E-state index in [4.69, 9.17) is 0 Å². The molecule has 0 unspecified atom stereocenters. The highest BCUT2D eigenvalue weighted by atomic mass is 32.1. The molecule has 0 radical (unpaired) electrons. The first-order valence-corrected chi connectivity index (χ1v) is 7.05. The summed E-state index contributed by atoms with van der Waals surface area (Å²) in [5.41, 5.74) is 0. The maximum absolute atomic E-state index is 4.39. The molecule has 1 aliphatic heterocycles. The molecular weight excluding hydrogens is 218 g/mol. The normalized spacial score (nSPS) is 34.1. The fourth-order valence-electron chi connectivity index (χ4n) is 2.91. The zero-order valence-electron chi connectivity index (χ0n) is 10.3. The number of nitrogens with one attached hydrogen (secondary N) is 2. The fraction of sp³-hybridized carbons (Fsp3) is 1.00. The third kappa shape index (κ3) is 3.62. The lowest BCUT2D eigenvalue weighted by Crippen LogP contribution is -2.46. The monoisotopic (exact) mass is 243 g/mol. The van der Waals surface area contributed by atoms with Gasteiger partial charge < -0.3 is 10.6 Å². The molecule has 1 heterocycles. The lowest BCUT2D eigenvalue weighted by Gasteiger charge is -2.35. The zero-order valence-corrected chi connectivity index (χ0v) is 11.2. The fourth-order valence-corrected chi connectivity index (χ4v) is 3.15. The average molecular weight is 243 g/mol. The number of rotatable bonds is 3. The van der Waals surface area contributed by atoms with Crippen LogP contribution in [0.4, 0.5) is 0 Å². The molecule has 16 heavy (non-hydrogen) atoms. The summed E-state index contributed by atoms with van der Waals surface area (Å²) in [5.74, 6) is 0. The maximum Gasteiger partial charge on any atom is 0.0102 e. The first-order valence-electron chi connectivity index (χ1n) is 6.65. The van der Waals surface area contributed by atoms with Crippen LogP contribution in [-0.4, -0.2) is 42.6 Å². The van der Waals surface area contributed by atoms with Gasteiger partial charge >= 0.3 is 0 Å². The molecular formula is C12H25N3S. The first kappa shape index (κ1) is 12.7. The highest BCUT2D eigenvalue weighted by molar-refractivity contribution is 7.77. The largest absolute Gasteiger partial charge is 0.317 e. The van der Waals surface area contributed by atoms with E-state index >= 15 is 0 Å². The Morgan fingerprint density at radius 3 is 1.94 bits per heavy atom. The number of hydrogen-bond acceptors (Lipinski definition) is 4. The van der Waals surface area contributed by atoms with Crippen LogP contribution in [0.2, 0.25) is 0 Å². The van der Waals surface area contributed by atoms with Crippen LogP contribution in [0.25, 0.3) is 0 Å². The zero-order chi connectivity index (χ0) is 11.4. The quantitative estimate of drug-likeness (QED) is 0.654. The van der Waals surface area contributed by atoms with Gasteiger partial charge in [0, 0.05) is 31.2 Å². The third-order valence-electron chi connectivity index (χ3n) is 4.08. The Bertz CT molecular complexity index is 196. The molecule has 0 atom stereocenters. The topological polar surface area (TPSA) is 27.3 Å². The van der Waals surface area contributed by atoms with E-state index in [1.807, 2.05) is 0 Å². The van der Waals surface area contributed by atoms with Gasteiger partial charge in [-0.1, -0.05) is 12.8 Å². The number of hydrogen-bond donors (Lipinski definition) is 3. The van der Waals surface area contributed by atoms with Gasteiger partial charge in [0.05, 0.1) is 0 Å². The molecule has 0 spiro atoms. The molecule has 0 aromatic carbocycles. The second-order valence-corrected chi connectivity index (χ2v) is 5.80. The van der Waals surface area contributed by atoms with Gasteiger partial charge in [-0.15, -0.1) is 0 Å². The van der Waals surface area contributed by atoms with Crippen LogP contribution in [0.3, 0.4) is 0 Å². The van der Waals surface area contributed by atoms with Crippen LogP contribution in [-0.2, 0) is 0 Å². The molecule has 2 aliphatic rings. The van der Waals surface area contributed by atoms with Crippen molar-refractivity contribution < 1.29 is 0 Å². The molecule has 0 aromatic heterocycles. The standard InChI is InChI=1S/C12H25N3S/c1-13-10-2-4-11(5-3-10)14-12-6-8-15(16)9-7-12/h10-14,16H,2-9H2,1H3. The average Bonchev–Trinajstić information content (AvgIpc) is 2.33. The molecule has 2 N–H and O–H groups in total. The molecule has 0 bridgehead atoms. The predicted octanol–water partition coefficient (Wildman–Crippen LogP) is 1.42. The summed E-state index contributed by atoms with van der Waals surface area (Å²) in [7, 11) is 2.08. The lowest BCUT2D eigenvalue weighted by atomic mass is 9.90. The van der Waals surface area contributed by atoms with Crippen molar-refractivity contribution in [2.75, 3.05) is 20.1 Å². The molecule has 3 nitrogen and oxygen atoms in total. The molecule has 4 heteroatoms.